The van der Waals surface area contributed by atoms with Gasteiger partial charge in [0.15, 0.2) is 0 Å². The molecule has 0 aromatic heterocycles. The van der Waals surface area contributed by atoms with Gasteiger partial charge in [0, 0.05) is 13.1 Å². The van der Waals surface area contributed by atoms with E-state index in [4.69, 9.17) is 5.11 Å². The van der Waals surface area contributed by atoms with E-state index in [9.17, 15) is 14.0 Å². The number of nitrogens with one attached hydrogen (secondary N) is 1. The molecule has 1 aliphatic rings. The average Bonchev–Trinajstić information content (AvgIpc) is 2.04. The Morgan fingerprint density at radius 2 is 2.46 bits per heavy atom. The fourth-order valence-corrected chi connectivity index (χ4v) is 1.28. The van der Waals surface area contributed by atoms with Gasteiger partial charge in [-0.05, 0) is 0 Å². The lowest BCUT2D eigenvalue weighted by Gasteiger charge is -2.31. The van der Waals surface area contributed by atoms with E-state index in [0.717, 1.165) is 0 Å². The van der Waals surface area contributed by atoms with Gasteiger partial charge in [-0.15, -0.1) is 0 Å². The van der Waals surface area contributed by atoms with Crippen molar-refractivity contribution in [1.82, 2.24) is 10.2 Å². The van der Waals surface area contributed by atoms with Gasteiger partial charge in [-0.1, -0.05) is 0 Å². The second kappa shape index (κ2) is 4.18. The van der Waals surface area contributed by atoms with E-state index in [1.54, 1.807) is 0 Å². The molecule has 13 heavy (non-hydrogen) atoms. The number of nitrogens with zero attached hydrogens (tertiary/aromatic N) is 1. The van der Waals surface area contributed by atoms with E-state index in [2.05, 4.69) is 5.32 Å². The van der Waals surface area contributed by atoms with Gasteiger partial charge >= 0.3 is 5.97 Å². The second-order valence-corrected chi connectivity index (χ2v) is 2.82. The number of amides is 1. The Balaban J connectivity index is 2.60. The molecule has 0 spiro atoms. The molecule has 0 bridgehead atoms. The lowest BCUT2D eigenvalue weighted by molar-refractivity contribution is -0.146. The van der Waals surface area contributed by atoms with Crippen molar-refractivity contribution in [2.75, 3.05) is 26.3 Å². The Labute approximate surface area is 74.5 Å². The molecule has 0 saturated carbocycles. The van der Waals surface area contributed by atoms with Crippen LogP contribution >= 0.6 is 0 Å². The molecule has 1 rings (SSSR count). The summed E-state index contributed by atoms with van der Waals surface area (Å²) >= 11 is 0. The van der Waals surface area contributed by atoms with Gasteiger partial charge in [-0.2, -0.15) is 0 Å². The van der Waals surface area contributed by atoms with Crippen LogP contribution in [-0.4, -0.2) is 54.2 Å². The summed E-state index contributed by atoms with van der Waals surface area (Å²) in [6, 6.07) is -0.798. The average molecular weight is 190 g/mol. The summed E-state index contributed by atoms with van der Waals surface area (Å²) in [4.78, 5) is 22.8. The fraction of sp³-hybridized carbons (Fsp3) is 0.714. The summed E-state index contributed by atoms with van der Waals surface area (Å²) in [6.07, 6.45) is 0. The molecule has 0 aromatic carbocycles. The number of hydrogen-bond acceptors (Lipinski definition) is 3. The first-order valence-electron chi connectivity index (χ1n) is 3.94. The molecule has 5 nitrogen and oxygen atoms in total. The molecule has 74 valence electrons. The smallest absolute Gasteiger partial charge is 0.322 e. The normalized spacial score (nSPS) is 24.1. The molecule has 1 amide bonds. The van der Waals surface area contributed by atoms with E-state index in [0.29, 0.717) is 0 Å². The number of carboxylic acid groups (broad SMARTS) is 1. The molecule has 6 heteroatoms. The summed E-state index contributed by atoms with van der Waals surface area (Å²) in [6.45, 7) is -0.642. The van der Waals surface area contributed by atoms with Crippen LogP contribution in [0.3, 0.4) is 0 Å². The van der Waals surface area contributed by atoms with Gasteiger partial charge in [0.25, 0.3) is 0 Å². The van der Waals surface area contributed by atoms with Gasteiger partial charge in [-0.25, -0.2) is 4.39 Å². The number of carboxylic acids is 1. The highest BCUT2D eigenvalue weighted by Crippen LogP contribution is 2.03. The highest BCUT2D eigenvalue weighted by atomic mass is 19.1. The van der Waals surface area contributed by atoms with Crippen molar-refractivity contribution in [3.05, 3.63) is 0 Å². The number of piperazine rings is 1. The maximum Gasteiger partial charge on any atom is 0.322 e. The summed E-state index contributed by atoms with van der Waals surface area (Å²) < 4.78 is 12.0. The monoisotopic (exact) mass is 190 g/mol. The highest BCUT2D eigenvalue weighted by Gasteiger charge is 2.31. The molecule has 1 heterocycles. The fourth-order valence-electron chi connectivity index (χ4n) is 1.28. The molecule has 1 fully saturated rings. The van der Waals surface area contributed by atoms with Crippen LogP contribution in [0.1, 0.15) is 0 Å². The minimum Gasteiger partial charge on any atom is -0.480 e. The van der Waals surface area contributed by atoms with Crippen molar-refractivity contribution in [2.45, 2.75) is 6.04 Å². The molecule has 1 saturated heterocycles. The predicted molar refractivity (Wildman–Crippen MR) is 42.0 cm³/mol. The van der Waals surface area contributed by atoms with Crippen molar-refractivity contribution in [1.29, 1.82) is 0 Å². The Morgan fingerprint density at radius 1 is 1.77 bits per heavy atom. The van der Waals surface area contributed by atoms with Gasteiger partial charge in [0.1, 0.15) is 12.7 Å². The zero-order chi connectivity index (χ0) is 9.84. The predicted octanol–water partition coefficient (Wildman–Crippen LogP) is -1.16. The van der Waals surface area contributed by atoms with Crippen molar-refractivity contribution < 1.29 is 19.1 Å². The van der Waals surface area contributed by atoms with Gasteiger partial charge < -0.3 is 10.4 Å². The van der Waals surface area contributed by atoms with Crippen molar-refractivity contribution in [2.24, 2.45) is 0 Å². The van der Waals surface area contributed by atoms with Crippen LogP contribution in [0.15, 0.2) is 0 Å². The highest BCUT2D eigenvalue weighted by molar-refractivity contribution is 5.83. The van der Waals surface area contributed by atoms with E-state index in [-0.39, 0.29) is 25.5 Å². The van der Waals surface area contributed by atoms with Gasteiger partial charge in [0.2, 0.25) is 5.91 Å². The van der Waals surface area contributed by atoms with Crippen molar-refractivity contribution >= 4 is 11.9 Å². The van der Waals surface area contributed by atoms with Crippen molar-refractivity contribution in [3.63, 3.8) is 0 Å². The van der Waals surface area contributed by atoms with Gasteiger partial charge in [0.05, 0.1) is 6.54 Å². The van der Waals surface area contributed by atoms with Crippen LogP contribution < -0.4 is 5.32 Å². The molecule has 0 aromatic rings. The number of rotatable bonds is 3. The number of hydrogen-bond donors (Lipinski definition) is 2. The lowest BCUT2D eigenvalue weighted by atomic mass is 10.2. The maximum atomic E-state index is 12.0. The first-order chi connectivity index (χ1) is 6.15. The zero-order valence-electron chi connectivity index (χ0n) is 6.99. The Kier molecular flexibility index (Phi) is 3.18. The van der Waals surface area contributed by atoms with Crippen LogP contribution in [0.2, 0.25) is 0 Å². The molecule has 1 aliphatic heterocycles. The second-order valence-electron chi connectivity index (χ2n) is 2.82. The third-order valence-corrected chi connectivity index (χ3v) is 1.94. The quantitative estimate of drug-likeness (QED) is 0.589. The van der Waals surface area contributed by atoms with Crippen LogP contribution in [0.5, 0.6) is 0 Å². The minimum absolute atomic E-state index is 0.00954. The van der Waals surface area contributed by atoms with Crippen LogP contribution in [-0.2, 0) is 9.59 Å². The summed E-state index contributed by atoms with van der Waals surface area (Å²) in [5, 5.41) is 11.1. The molecule has 0 radical (unpaired) electrons. The van der Waals surface area contributed by atoms with E-state index in [1.165, 1.54) is 4.90 Å². The molecule has 1 atom stereocenters. The SMILES string of the molecule is O=C1CN(CCF)C(C(=O)O)CN1. The first kappa shape index (κ1) is 9.91. The summed E-state index contributed by atoms with van der Waals surface area (Å²) in [5.74, 6) is -1.29. The van der Waals surface area contributed by atoms with E-state index in [1.807, 2.05) is 0 Å². The molecular weight excluding hydrogens is 179 g/mol. The number of carbonyl (C=O) groups excluding carboxylic acids is 1. The standard InChI is InChI=1S/C7H11FN2O3/c8-1-2-10-4-6(11)9-3-5(10)7(12)13/h5H,1-4H2,(H,9,11)(H,12,13). The summed E-state index contributed by atoms with van der Waals surface area (Å²) in [5.41, 5.74) is 0. The molecule has 2 N–H and O–H groups in total. The molecule has 0 aliphatic carbocycles. The number of carbonyl (C=O) groups is 2. The van der Waals surface area contributed by atoms with Crippen LogP contribution in [0, 0.1) is 0 Å². The van der Waals surface area contributed by atoms with E-state index >= 15 is 0 Å². The number of halogens is 1. The first-order valence-corrected chi connectivity index (χ1v) is 3.94. The van der Waals surface area contributed by atoms with Crippen LogP contribution in [0.4, 0.5) is 4.39 Å². The molecular formula is C7H11FN2O3. The Morgan fingerprint density at radius 3 is 3.00 bits per heavy atom. The third kappa shape index (κ3) is 2.38. The van der Waals surface area contributed by atoms with Gasteiger partial charge in [-0.3, -0.25) is 14.5 Å². The summed E-state index contributed by atoms with van der Waals surface area (Å²) in [7, 11) is 0. The number of alkyl halides is 1. The molecule has 1 unspecified atom stereocenters. The van der Waals surface area contributed by atoms with E-state index < -0.39 is 18.7 Å². The lowest BCUT2D eigenvalue weighted by Crippen LogP contribution is -2.57. The maximum absolute atomic E-state index is 12.0. The third-order valence-electron chi connectivity index (χ3n) is 1.94. The van der Waals surface area contributed by atoms with Crippen molar-refractivity contribution in [3.8, 4) is 0 Å². The topological polar surface area (TPSA) is 69.6 Å². The van der Waals surface area contributed by atoms with Crippen LogP contribution in [0.25, 0.3) is 0 Å². The largest absolute Gasteiger partial charge is 0.480 e. The number of aliphatic carboxylic acids is 1. The Hall–Kier alpha value is -1.17. The zero-order valence-corrected chi connectivity index (χ0v) is 6.99. The minimum atomic E-state index is -1.03. The Bertz CT molecular complexity index is 222.